The Morgan fingerprint density at radius 3 is 2.91 bits per heavy atom. The molecule has 3 rings (SSSR count). The number of β-amino-alcohol motifs (C(OH)–C–C–N with tert-alkyl or cyclic N) is 1. The molecular weight excluding hydrogens is 280 g/mol. The molecule has 1 aliphatic heterocycles. The zero-order valence-corrected chi connectivity index (χ0v) is 13.0. The van der Waals surface area contributed by atoms with Crippen molar-refractivity contribution in [3.05, 3.63) is 35.6 Å². The average molecular weight is 302 g/mol. The minimum Gasteiger partial charge on any atom is -0.461 e. The summed E-state index contributed by atoms with van der Waals surface area (Å²) in [6, 6.07) is 7.63. The van der Waals surface area contributed by atoms with Gasteiger partial charge in [-0.15, -0.1) is 0 Å². The van der Waals surface area contributed by atoms with E-state index in [1.165, 1.54) is 0 Å². The Morgan fingerprint density at radius 1 is 1.45 bits per heavy atom. The number of aliphatic hydroxyl groups excluding tert-OH is 1. The number of rotatable bonds is 4. The molecule has 0 radical (unpaired) electrons. The monoisotopic (exact) mass is 302 g/mol. The summed E-state index contributed by atoms with van der Waals surface area (Å²) in [4.78, 5) is 14.2. The second kappa shape index (κ2) is 6.10. The molecule has 5 heteroatoms. The molecule has 1 fully saturated rings. The van der Waals surface area contributed by atoms with Crippen LogP contribution >= 0.6 is 0 Å². The summed E-state index contributed by atoms with van der Waals surface area (Å²) < 4.78 is 5.88. The van der Waals surface area contributed by atoms with E-state index in [1.54, 1.807) is 11.9 Å². The topological polar surface area (TPSA) is 65.7 Å². The van der Waals surface area contributed by atoms with Crippen LogP contribution in [-0.4, -0.2) is 41.7 Å². The van der Waals surface area contributed by atoms with Crippen LogP contribution in [0.15, 0.2) is 28.7 Å². The molecule has 2 N–H and O–H groups in total. The number of carbonyl (C=O) groups excluding carboxylic acids is 1. The molecule has 1 saturated heterocycles. The number of furan rings is 1. The number of fused-ring (bicyclic) bond motifs is 1. The molecule has 1 aliphatic rings. The van der Waals surface area contributed by atoms with Crippen molar-refractivity contribution in [2.24, 2.45) is 0 Å². The van der Waals surface area contributed by atoms with Crippen LogP contribution in [0.2, 0.25) is 0 Å². The maximum atomic E-state index is 12.5. The standard InChI is InChI=1S/C17H22N2O3/c1-3-15-13(12-6-4-5-7-16(12)22-15)10-19(2)17(21)14-8-11(20)9-18-14/h4-7,11,14,18,20H,3,8-10H2,1-2H3. The number of hydrogen-bond acceptors (Lipinski definition) is 4. The third-order valence-corrected chi connectivity index (χ3v) is 4.28. The molecule has 0 spiro atoms. The summed E-state index contributed by atoms with van der Waals surface area (Å²) in [6.07, 6.45) is 0.853. The van der Waals surface area contributed by atoms with Crippen LogP contribution < -0.4 is 5.32 Å². The quantitative estimate of drug-likeness (QED) is 0.902. The van der Waals surface area contributed by atoms with Gasteiger partial charge < -0.3 is 19.7 Å². The van der Waals surface area contributed by atoms with E-state index in [0.29, 0.717) is 19.5 Å². The number of amides is 1. The van der Waals surface area contributed by atoms with Crippen LogP contribution in [0.5, 0.6) is 0 Å². The minimum absolute atomic E-state index is 0.0175. The maximum Gasteiger partial charge on any atom is 0.239 e. The second-order valence-electron chi connectivity index (χ2n) is 5.90. The van der Waals surface area contributed by atoms with Crippen molar-refractivity contribution in [3.63, 3.8) is 0 Å². The molecule has 5 nitrogen and oxygen atoms in total. The number of para-hydroxylation sites is 1. The van der Waals surface area contributed by atoms with E-state index in [4.69, 9.17) is 4.42 Å². The van der Waals surface area contributed by atoms with E-state index in [2.05, 4.69) is 12.2 Å². The summed E-state index contributed by atoms with van der Waals surface area (Å²) in [5, 5.41) is 13.7. The van der Waals surface area contributed by atoms with Gasteiger partial charge in [0.25, 0.3) is 0 Å². The lowest BCUT2D eigenvalue weighted by atomic mass is 10.1. The fourth-order valence-corrected chi connectivity index (χ4v) is 3.09. The lowest BCUT2D eigenvalue weighted by Crippen LogP contribution is -2.41. The number of aryl methyl sites for hydroxylation is 1. The molecule has 0 aliphatic carbocycles. The zero-order valence-electron chi connectivity index (χ0n) is 13.0. The molecule has 1 amide bonds. The Kier molecular flexibility index (Phi) is 4.18. The molecule has 1 aromatic carbocycles. The van der Waals surface area contributed by atoms with Gasteiger partial charge in [0, 0.05) is 37.5 Å². The lowest BCUT2D eigenvalue weighted by Gasteiger charge is -2.21. The summed E-state index contributed by atoms with van der Waals surface area (Å²) in [5.74, 6) is 0.948. The van der Waals surface area contributed by atoms with Gasteiger partial charge in [-0.2, -0.15) is 0 Å². The molecule has 2 unspecified atom stereocenters. The van der Waals surface area contributed by atoms with Gasteiger partial charge in [-0.05, 0) is 12.5 Å². The first-order chi connectivity index (χ1) is 10.6. The zero-order chi connectivity index (χ0) is 15.7. The number of likely N-dealkylation sites (N-methyl/N-ethyl adjacent to an activating group) is 1. The number of nitrogens with one attached hydrogen (secondary N) is 1. The third-order valence-electron chi connectivity index (χ3n) is 4.28. The van der Waals surface area contributed by atoms with Crippen LogP contribution in [0.4, 0.5) is 0 Å². The van der Waals surface area contributed by atoms with Gasteiger partial charge in [-0.25, -0.2) is 0 Å². The molecule has 1 aromatic heterocycles. The first-order valence-electron chi connectivity index (χ1n) is 7.75. The van der Waals surface area contributed by atoms with Crippen molar-refractivity contribution in [2.45, 2.75) is 38.5 Å². The van der Waals surface area contributed by atoms with Gasteiger partial charge in [-0.1, -0.05) is 25.1 Å². The third kappa shape index (κ3) is 2.74. The van der Waals surface area contributed by atoms with Crippen LogP contribution in [0.3, 0.4) is 0 Å². The Balaban J connectivity index is 1.81. The summed E-state index contributed by atoms with van der Waals surface area (Å²) in [5.41, 5.74) is 1.94. The van der Waals surface area contributed by atoms with E-state index < -0.39 is 6.10 Å². The van der Waals surface area contributed by atoms with Crippen molar-refractivity contribution < 1.29 is 14.3 Å². The fourth-order valence-electron chi connectivity index (χ4n) is 3.09. The van der Waals surface area contributed by atoms with Crippen LogP contribution in [-0.2, 0) is 17.8 Å². The fraction of sp³-hybridized carbons (Fsp3) is 0.471. The molecule has 0 saturated carbocycles. The van der Waals surface area contributed by atoms with Crippen molar-refractivity contribution in [2.75, 3.05) is 13.6 Å². The number of nitrogens with zero attached hydrogens (tertiary/aromatic N) is 1. The highest BCUT2D eigenvalue weighted by Gasteiger charge is 2.30. The van der Waals surface area contributed by atoms with Crippen LogP contribution in [0.1, 0.15) is 24.7 Å². The molecule has 118 valence electrons. The van der Waals surface area contributed by atoms with Crippen molar-refractivity contribution in [3.8, 4) is 0 Å². The van der Waals surface area contributed by atoms with Gasteiger partial charge >= 0.3 is 0 Å². The van der Waals surface area contributed by atoms with Crippen molar-refractivity contribution in [1.82, 2.24) is 10.2 Å². The van der Waals surface area contributed by atoms with Crippen LogP contribution in [0.25, 0.3) is 11.0 Å². The van der Waals surface area contributed by atoms with E-state index in [0.717, 1.165) is 28.7 Å². The molecule has 2 heterocycles. The van der Waals surface area contributed by atoms with Crippen molar-refractivity contribution >= 4 is 16.9 Å². The van der Waals surface area contributed by atoms with E-state index in [1.807, 2.05) is 24.3 Å². The summed E-state index contributed by atoms with van der Waals surface area (Å²) >= 11 is 0. The first kappa shape index (κ1) is 15.1. The van der Waals surface area contributed by atoms with E-state index >= 15 is 0 Å². The van der Waals surface area contributed by atoms with Gasteiger partial charge in [0.1, 0.15) is 11.3 Å². The Morgan fingerprint density at radius 2 is 2.23 bits per heavy atom. The lowest BCUT2D eigenvalue weighted by molar-refractivity contribution is -0.132. The van der Waals surface area contributed by atoms with Crippen LogP contribution in [0, 0.1) is 0 Å². The Bertz CT molecular complexity index is 680. The number of aliphatic hydroxyl groups is 1. The predicted octanol–water partition coefficient (Wildman–Crippen LogP) is 1.68. The Labute approximate surface area is 129 Å². The van der Waals surface area contributed by atoms with Crippen molar-refractivity contribution in [1.29, 1.82) is 0 Å². The smallest absolute Gasteiger partial charge is 0.239 e. The minimum atomic E-state index is -0.427. The second-order valence-corrected chi connectivity index (χ2v) is 5.90. The highest BCUT2D eigenvalue weighted by Crippen LogP contribution is 2.27. The predicted molar refractivity (Wildman–Crippen MR) is 84.5 cm³/mol. The number of benzene rings is 1. The SMILES string of the molecule is CCc1oc2ccccc2c1CN(C)C(=O)C1CC(O)CN1. The molecular formula is C17H22N2O3. The maximum absolute atomic E-state index is 12.5. The van der Waals surface area contributed by atoms with Gasteiger partial charge in [0.05, 0.1) is 12.1 Å². The molecule has 0 bridgehead atoms. The molecule has 2 aromatic rings. The largest absolute Gasteiger partial charge is 0.461 e. The summed E-state index contributed by atoms with van der Waals surface area (Å²) in [6.45, 7) is 3.06. The highest BCUT2D eigenvalue weighted by molar-refractivity contribution is 5.85. The highest BCUT2D eigenvalue weighted by atomic mass is 16.3. The summed E-state index contributed by atoms with van der Waals surface area (Å²) in [7, 11) is 1.80. The van der Waals surface area contributed by atoms with Gasteiger partial charge in [-0.3, -0.25) is 4.79 Å². The molecule has 2 atom stereocenters. The van der Waals surface area contributed by atoms with E-state index in [-0.39, 0.29) is 11.9 Å². The average Bonchev–Trinajstić information content (AvgIpc) is 3.10. The van der Waals surface area contributed by atoms with Gasteiger partial charge in [0.15, 0.2) is 0 Å². The van der Waals surface area contributed by atoms with E-state index in [9.17, 15) is 9.90 Å². The normalized spacial score (nSPS) is 21.4. The molecule has 22 heavy (non-hydrogen) atoms. The number of hydrogen-bond donors (Lipinski definition) is 2. The first-order valence-corrected chi connectivity index (χ1v) is 7.75. The Hall–Kier alpha value is -1.85. The van der Waals surface area contributed by atoms with Gasteiger partial charge in [0.2, 0.25) is 5.91 Å². The number of carbonyl (C=O) groups is 1.